The number of hydrogen-bond acceptors (Lipinski definition) is 3. The van der Waals surface area contributed by atoms with Crippen molar-refractivity contribution in [1.29, 1.82) is 0 Å². The van der Waals surface area contributed by atoms with Crippen LogP contribution < -0.4 is 5.32 Å². The van der Waals surface area contributed by atoms with Crippen LogP contribution in [-0.2, 0) is 6.42 Å². The van der Waals surface area contributed by atoms with Crippen LogP contribution in [0.1, 0.15) is 68.9 Å². The van der Waals surface area contributed by atoms with E-state index in [-0.39, 0.29) is 23.5 Å². The highest BCUT2D eigenvalue weighted by atomic mass is 16.2. The molecule has 4 rings (SSSR count). The van der Waals surface area contributed by atoms with Gasteiger partial charge in [0, 0.05) is 41.4 Å². The first-order chi connectivity index (χ1) is 17.3. The van der Waals surface area contributed by atoms with Crippen LogP contribution in [0.4, 0.5) is 5.69 Å². The molecule has 186 valence electrons. The van der Waals surface area contributed by atoms with Crippen LogP contribution in [0.3, 0.4) is 0 Å². The number of piperidine rings is 1. The lowest BCUT2D eigenvalue weighted by Gasteiger charge is -2.31. The third-order valence-corrected chi connectivity index (χ3v) is 6.80. The van der Waals surface area contributed by atoms with Crippen molar-refractivity contribution < 1.29 is 14.4 Å². The molecule has 3 aromatic carbocycles. The largest absolute Gasteiger partial charge is 0.339 e. The zero-order chi connectivity index (χ0) is 25.7. The van der Waals surface area contributed by atoms with Gasteiger partial charge in [-0.05, 0) is 67.5 Å². The van der Waals surface area contributed by atoms with Gasteiger partial charge in [0.1, 0.15) is 0 Å². The number of benzene rings is 3. The molecule has 1 heterocycles. The molecule has 1 fully saturated rings. The van der Waals surface area contributed by atoms with Crippen molar-refractivity contribution in [2.75, 3.05) is 18.4 Å². The highest BCUT2D eigenvalue weighted by molar-refractivity contribution is 6.05. The zero-order valence-corrected chi connectivity index (χ0v) is 21.3. The number of likely N-dealkylation sites (tertiary alicyclic amines) is 1. The lowest BCUT2D eigenvalue weighted by Crippen LogP contribution is -2.40. The normalized spacial score (nSPS) is 14.1. The second-order valence-corrected chi connectivity index (χ2v) is 10.1. The topological polar surface area (TPSA) is 66.5 Å². The molecule has 0 unspecified atom stereocenters. The number of anilines is 1. The lowest BCUT2D eigenvalue weighted by atomic mass is 9.88. The average molecular weight is 483 g/mol. The Morgan fingerprint density at radius 1 is 0.861 bits per heavy atom. The van der Waals surface area contributed by atoms with E-state index in [1.165, 1.54) is 5.56 Å². The second kappa shape index (κ2) is 11.3. The molecule has 0 saturated carbocycles. The maximum absolute atomic E-state index is 13.2. The second-order valence-electron chi connectivity index (χ2n) is 10.1. The van der Waals surface area contributed by atoms with Crippen molar-refractivity contribution in [1.82, 2.24) is 4.90 Å². The summed E-state index contributed by atoms with van der Waals surface area (Å²) in [7, 11) is 0. The number of carbonyl (C=O) groups is 3. The van der Waals surface area contributed by atoms with E-state index < -0.39 is 0 Å². The average Bonchev–Trinajstić information content (AvgIpc) is 2.90. The Morgan fingerprint density at radius 3 is 2.14 bits per heavy atom. The monoisotopic (exact) mass is 482 g/mol. The van der Waals surface area contributed by atoms with Gasteiger partial charge < -0.3 is 10.2 Å². The van der Waals surface area contributed by atoms with E-state index >= 15 is 0 Å². The summed E-state index contributed by atoms with van der Waals surface area (Å²) in [5, 5.41) is 2.92. The summed E-state index contributed by atoms with van der Waals surface area (Å²) in [6.07, 6.45) is 2.31. The summed E-state index contributed by atoms with van der Waals surface area (Å²) in [5.74, 6) is 0.398. The Hall–Kier alpha value is -3.73. The van der Waals surface area contributed by atoms with Gasteiger partial charge in [0.15, 0.2) is 5.78 Å². The van der Waals surface area contributed by atoms with Crippen molar-refractivity contribution >= 4 is 23.3 Å². The van der Waals surface area contributed by atoms with Crippen LogP contribution in [0.25, 0.3) is 0 Å². The smallest absolute Gasteiger partial charge is 0.255 e. The summed E-state index contributed by atoms with van der Waals surface area (Å²) in [6.45, 7) is 7.36. The van der Waals surface area contributed by atoms with Gasteiger partial charge in [-0.15, -0.1) is 0 Å². The van der Waals surface area contributed by atoms with Gasteiger partial charge in [0.05, 0.1) is 0 Å². The maximum atomic E-state index is 13.2. The van der Waals surface area contributed by atoms with E-state index in [4.69, 9.17) is 0 Å². The number of nitrogens with zero attached hydrogens (tertiary/aromatic N) is 1. The van der Waals surface area contributed by atoms with Crippen LogP contribution in [-0.4, -0.2) is 35.6 Å². The van der Waals surface area contributed by atoms with Crippen LogP contribution >= 0.6 is 0 Å². The molecular formula is C31H34N2O3. The Morgan fingerprint density at radius 2 is 1.50 bits per heavy atom. The van der Waals surface area contributed by atoms with Gasteiger partial charge >= 0.3 is 0 Å². The molecule has 5 nitrogen and oxygen atoms in total. The van der Waals surface area contributed by atoms with E-state index in [1.807, 2.05) is 48.2 Å². The number of rotatable bonds is 7. The highest BCUT2D eigenvalue weighted by Gasteiger charge is 2.28. The Balaban J connectivity index is 1.37. The molecule has 2 amide bonds. The molecule has 1 aliphatic rings. The molecule has 36 heavy (non-hydrogen) atoms. The van der Waals surface area contributed by atoms with Crippen LogP contribution in [0.15, 0.2) is 72.8 Å². The molecule has 0 radical (unpaired) electrons. The van der Waals surface area contributed by atoms with E-state index in [9.17, 15) is 14.4 Å². The number of aryl methyl sites for hydroxylation is 1. The van der Waals surface area contributed by atoms with E-state index in [0.29, 0.717) is 48.7 Å². The molecule has 1 saturated heterocycles. The Labute approximate surface area is 213 Å². The van der Waals surface area contributed by atoms with Gasteiger partial charge in [0.2, 0.25) is 0 Å². The molecule has 0 bridgehead atoms. The molecule has 1 aliphatic heterocycles. The molecule has 0 spiro atoms. The van der Waals surface area contributed by atoms with Crippen molar-refractivity contribution in [3.63, 3.8) is 0 Å². The minimum absolute atomic E-state index is 0.0660. The van der Waals surface area contributed by atoms with E-state index in [1.54, 1.807) is 24.3 Å². The molecule has 1 N–H and O–H groups in total. The first-order valence-electron chi connectivity index (χ1n) is 12.7. The highest BCUT2D eigenvalue weighted by Crippen LogP contribution is 2.25. The fraction of sp³-hybridized carbons (Fsp3) is 0.323. The molecule has 0 aromatic heterocycles. The lowest BCUT2D eigenvalue weighted by molar-refractivity contribution is 0.0650. The number of nitrogens with one attached hydrogen (secondary N) is 1. The van der Waals surface area contributed by atoms with Crippen molar-refractivity contribution in [3.05, 3.63) is 101 Å². The number of amides is 2. The number of ketones is 1. The van der Waals surface area contributed by atoms with Gasteiger partial charge in [-0.1, -0.05) is 62.4 Å². The predicted octanol–water partition coefficient (Wildman–Crippen LogP) is 6.18. The third-order valence-electron chi connectivity index (χ3n) is 6.80. The van der Waals surface area contributed by atoms with Crippen LogP contribution in [0.2, 0.25) is 0 Å². The van der Waals surface area contributed by atoms with Gasteiger partial charge in [-0.25, -0.2) is 0 Å². The first-order valence-corrected chi connectivity index (χ1v) is 12.7. The fourth-order valence-electron chi connectivity index (χ4n) is 4.71. The Kier molecular flexibility index (Phi) is 7.99. The molecule has 3 aromatic rings. The summed E-state index contributed by atoms with van der Waals surface area (Å²) >= 11 is 0. The zero-order valence-electron chi connectivity index (χ0n) is 21.3. The summed E-state index contributed by atoms with van der Waals surface area (Å²) in [6, 6.07) is 22.4. The quantitative estimate of drug-likeness (QED) is 0.409. The van der Waals surface area contributed by atoms with Gasteiger partial charge in [-0.2, -0.15) is 0 Å². The fourth-order valence-corrected chi connectivity index (χ4v) is 4.71. The number of hydrogen-bond donors (Lipinski definition) is 1. The van der Waals surface area contributed by atoms with Gasteiger partial charge in [-0.3, -0.25) is 14.4 Å². The first kappa shape index (κ1) is 25.4. The van der Waals surface area contributed by atoms with Crippen molar-refractivity contribution in [2.45, 2.75) is 40.0 Å². The predicted molar refractivity (Wildman–Crippen MR) is 144 cm³/mol. The standard InChI is InChI=1S/C31H34N2O3/c1-21(2)19-23-10-13-24(14-11-23)29(34)25-15-17-33(18-16-25)31(36)27-12-9-22(3)28(20-27)32-30(35)26-7-5-4-6-8-26/h4-14,20-21,25H,15-19H2,1-3H3,(H,32,35). The van der Waals surface area contributed by atoms with Crippen LogP contribution in [0, 0.1) is 18.8 Å². The van der Waals surface area contributed by atoms with Gasteiger partial charge in [0.25, 0.3) is 11.8 Å². The Bertz CT molecular complexity index is 1220. The third kappa shape index (κ3) is 6.09. The summed E-state index contributed by atoms with van der Waals surface area (Å²) in [5.41, 5.74) is 4.62. The van der Waals surface area contributed by atoms with Crippen molar-refractivity contribution in [2.24, 2.45) is 11.8 Å². The molecular weight excluding hydrogens is 448 g/mol. The summed E-state index contributed by atoms with van der Waals surface area (Å²) < 4.78 is 0. The number of Topliss-reactive ketones (excluding diaryl/α,β-unsaturated/α-hetero) is 1. The maximum Gasteiger partial charge on any atom is 0.255 e. The van der Waals surface area contributed by atoms with E-state index in [0.717, 1.165) is 17.5 Å². The number of carbonyl (C=O) groups excluding carboxylic acids is 3. The van der Waals surface area contributed by atoms with E-state index in [2.05, 4.69) is 31.3 Å². The SMILES string of the molecule is Cc1ccc(C(=O)N2CCC(C(=O)c3ccc(CC(C)C)cc3)CC2)cc1NC(=O)c1ccccc1. The minimum atomic E-state index is -0.208. The molecule has 5 heteroatoms. The summed E-state index contributed by atoms with van der Waals surface area (Å²) in [4.78, 5) is 40.7. The van der Waals surface area contributed by atoms with Crippen molar-refractivity contribution in [3.8, 4) is 0 Å². The van der Waals surface area contributed by atoms with Crippen LogP contribution in [0.5, 0.6) is 0 Å². The molecule has 0 atom stereocenters. The minimum Gasteiger partial charge on any atom is -0.339 e. The molecule has 0 aliphatic carbocycles.